The summed E-state index contributed by atoms with van der Waals surface area (Å²) in [7, 11) is 0. The lowest BCUT2D eigenvalue weighted by atomic mass is 9.93. The Morgan fingerprint density at radius 3 is 2.32 bits per heavy atom. The Kier molecular flexibility index (Phi) is 2.73. The Balaban J connectivity index is 1.48. The molecule has 3 aliphatic carbocycles. The summed E-state index contributed by atoms with van der Waals surface area (Å²) in [5.41, 5.74) is 9.39. The van der Waals surface area contributed by atoms with Gasteiger partial charge in [-0.05, 0) is 66.4 Å². The van der Waals surface area contributed by atoms with E-state index in [9.17, 15) is 0 Å². The van der Waals surface area contributed by atoms with Crippen molar-refractivity contribution in [1.29, 1.82) is 0 Å². The van der Waals surface area contributed by atoms with E-state index in [-0.39, 0.29) is 0 Å². The fraction of sp³-hybridized carbons (Fsp3) is 0.667. The van der Waals surface area contributed by atoms with Gasteiger partial charge >= 0.3 is 0 Å². The number of hydrogen-bond acceptors (Lipinski definition) is 1. The molecule has 19 heavy (non-hydrogen) atoms. The molecular formula is C18H25N. The first-order valence-corrected chi connectivity index (χ1v) is 8.14. The van der Waals surface area contributed by atoms with E-state index >= 15 is 0 Å². The SMILES string of the molecule is CCCc1ccc(C(N)C2C3C4CCC(C4)C32)cc1. The zero-order valence-electron chi connectivity index (χ0n) is 11.9. The summed E-state index contributed by atoms with van der Waals surface area (Å²) in [5.74, 6) is 4.85. The lowest BCUT2D eigenvalue weighted by Crippen LogP contribution is -2.17. The van der Waals surface area contributed by atoms with E-state index < -0.39 is 0 Å². The highest BCUT2D eigenvalue weighted by Crippen LogP contribution is 2.71. The van der Waals surface area contributed by atoms with Gasteiger partial charge in [-0.2, -0.15) is 0 Å². The Morgan fingerprint density at radius 1 is 1.11 bits per heavy atom. The van der Waals surface area contributed by atoms with Crippen LogP contribution >= 0.6 is 0 Å². The number of hydrogen-bond donors (Lipinski definition) is 1. The smallest absolute Gasteiger partial charge is 0.0329 e. The molecule has 3 saturated carbocycles. The van der Waals surface area contributed by atoms with Crippen LogP contribution in [-0.2, 0) is 6.42 Å². The van der Waals surface area contributed by atoms with Gasteiger partial charge in [0.2, 0.25) is 0 Å². The molecule has 1 heteroatoms. The lowest BCUT2D eigenvalue weighted by molar-refractivity contribution is 0.417. The zero-order valence-corrected chi connectivity index (χ0v) is 11.9. The van der Waals surface area contributed by atoms with Gasteiger partial charge in [0.25, 0.3) is 0 Å². The topological polar surface area (TPSA) is 26.0 Å². The summed E-state index contributed by atoms with van der Waals surface area (Å²) >= 11 is 0. The van der Waals surface area contributed by atoms with Crippen LogP contribution in [0.25, 0.3) is 0 Å². The van der Waals surface area contributed by atoms with Crippen molar-refractivity contribution in [3.63, 3.8) is 0 Å². The first kappa shape index (κ1) is 12.0. The van der Waals surface area contributed by atoms with E-state index in [1.165, 1.54) is 43.2 Å². The second kappa shape index (κ2) is 4.34. The number of rotatable bonds is 4. The molecule has 5 atom stereocenters. The minimum absolute atomic E-state index is 0.300. The molecule has 5 unspecified atom stereocenters. The van der Waals surface area contributed by atoms with Crippen LogP contribution in [0.4, 0.5) is 0 Å². The first-order valence-electron chi connectivity index (χ1n) is 8.14. The van der Waals surface area contributed by atoms with Gasteiger partial charge in [0.05, 0.1) is 0 Å². The van der Waals surface area contributed by atoms with Crippen molar-refractivity contribution >= 4 is 0 Å². The van der Waals surface area contributed by atoms with Crippen LogP contribution in [-0.4, -0.2) is 0 Å². The van der Waals surface area contributed by atoms with Crippen molar-refractivity contribution in [3.05, 3.63) is 35.4 Å². The molecule has 0 amide bonds. The third-order valence-corrected chi connectivity index (χ3v) is 6.11. The third-order valence-electron chi connectivity index (χ3n) is 6.11. The van der Waals surface area contributed by atoms with Gasteiger partial charge in [-0.25, -0.2) is 0 Å². The molecule has 1 aromatic rings. The first-order chi connectivity index (χ1) is 9.29. The largest absolute Gasteiger partial charge is 0.324 e. The van der Waals surface area contributed by atoms with Crippen LogP contribution in [0.1, 0.15) is 49.8 Å². The Labute approximate surface area is 116 Å². The Morgan fingerprint density at radius 2 is 1.74 bits per heavy atom. The van der Waals surface area contributed by atoms with Gasteiger partial charge in [0.15, 0.2) is 0 Å². The lowest BCUT2D eigenvalue weighted by Gasteiger charge is -2.17. The second-order valence-electron chi connectivity index (χ2n) is 7.08. The molecule has 0 saturated heterocycles. The molecule has 1 nitrogen and oxygen atoms in total. The van der Waals surface area contributed by atoms with Crippen molar-refractivity contribution in [3.8, 4) is 0 Å². The third kappa shape index (κ3) is 1.78. The number of aryl methyl sites for hydroxylation is 1. The molecule has 1 aromatic carbocycles. The van der Waals surface area contributed by atoms with E-state index in [1.807, 2.05) is 0 Å². The predicted octanol–water partition coefficient (Wildman–Crippen LogP) is 3.93. The summed E-state index contributed by atoms with van der Waals surface area (Å²) in [5, 5.41) is 0. The molecule has 4 rings (SSSR count). The average Bonchev–Trinajstić information content (AvgIpc) is 2.87. The van der Waals surface area contributed by atoms with Gasteiger partial charge in [-0.15, -0.1) is 0 Å². The molecule has 3 aliphatic rings. The Bertz CT molecular complexity index is 447. The summed E-state index contributed by atoms with van der Waals surface area (Å²) in [6.45, 7) is 2.24. The highest BCUT2D eigenvalue weighted by molar-refractivity contribution is 5.29. The molecule has 102 valence electrons. The van der Waals surface area contributed by atoms with Gasteiger partial charge in [0.1, 0.15) is 0 Å². The molecule has 2 N–H and O–H groups in total. The fourth-order valence-corrected chi connectivity index (χ4v) is 5.29. The number of fused-ring (bicyclic) bond motifs is 5. The van der Waals surface area contributed by atoms with Crippen LogP contribution in [0, 0.1) is 29.6 Å². The number of nitrogens with two attached hydrogens (primary N) is 1. The maximum atomic E-state index is 6.57. The van der Waals surface area contributed by atoms with Crippen LogP contribution in [0.2, 0.25) is 0 Å². The molecule has 0 radical (unpaired) electrons. The van der Waals surface area contributed by atoms with Gasteiger partial charge in [-0.3, -0.25) is 0 Å². The van der Waals surface area contributed by atoms with Gasteiger partial charge < -0.3 is 5.73 Å². The van der Waals surface area contributed by atoms with E-state index in [0.717, 1.165) is 29.6 Å². The summed E-state index contributed by atoms with van der Waals surface area (Å²) in [6, 6.07) is 9.43. The Hall–Kier alpha value is -0.820. The summed E-state index contributed by atoms with van der Waals surface area (Å²) in [6.07, 6.45) is 6.92. The van der Waals surface area contributed by atoms with Crippen LogP contribution in [0.15, 0.2) is 24.3 Å². The van der Waals surface area contributed by atoms with E-state index in [2.05, 4.69) is 31.2 Å². The van der Waals surface area contributed by atoms with Crippen molar-refractivity contribution in [2.45, 2.75) is 45.1 Å². The van der Waals surface area contributed by atoms with Crippen molar-refractivity contribution in [2.24, 2.45) is 35.3 Å². The maximum absolute atomic E-state index is 6.57. The minimum atomic E-state index is 0.300. The standard InChI is InChI=1S/C18H25N/c1-2-3-11-4-6-12(7-5-11)18(19)17-15-13-8-9-14(10-13)16(15)17/h4-7,13-18H,2-3,8-10,19H2,1H3. The highest BCUT2D eigenvalue weighted by atomic mass is 14.8. The summed E-state index contributed by atoms with van der Waals surface area (Å²) < 4.78 is 0. The maximum Gasteiger partial charge on any atom is 0.0329 e. The monoisotopic (exact) mass is 255 g/mol. The van der Waals surface area contributed by atoms with Crippen LogP contribution in [0.3, 0.4) is 0 Å². The molecular weight excluding hydrogens is 230 g/mol. The van der Waals surface area contributed by atoms with Crippen molar-refractivity contribution in [1.82, 2.24) is 0 Å². The van der Waals surface area contributed by atoms with Crippen LogP contribution in [0.5, 0.6) is 0 Å². The molecule has 2 bridgehead atoms. The quantitative estimate of drug-likeness (QED) is 0.866. The average molecular weight is 255 g/mol. The minimum Gasteiger partial charge on any atom is -0.324 e. The second-order valence-corrected chi connectivity index (χ2v) is 7.08. The van der Waals surface area contributed by atoms with Crippen LogP contribution < -0.4 is 5.73 Å². The normalized spacial score (nSPS) is 40.2. The zero-order chi connectivity index (χ0) is 13.0. The predicted molar refractivity (Wildman–Crippen MR) is 78.7 cm³/mol. The van der Waals surface area contributed by atoms with Gasteiger partial charge in [0, 0.05) is 6.04 Å². The highest BCUT2D eigenvalue weighted by Gasteiger charge is 2.66. The molecule has 0 heterocycles. The molecule has 0 aromatic heterocycles. The molecule has 3 fully saturated rings. The van der Waals surface area contributed by atoms with Crippen molar-refractivity contribution in [2.75, 3.05) is 0 Å². The van der Waals surface area contributed by atoms with Crippen molar-refractivity contribution < 1.29 is 0 Å². The fourth-order valence-electron chi connectivity index (χ4n) is 5.29. The molecule has 0 spiro atoms. The van der Waals surface area contributed by atoms with E-state index in [1.54, 1.807) is 0 Å². The summed E-state index contributed by atoms with van der Waals surface area (Å²) in [4.78, 5) is 0. The van der Waals surface area contributed by atoms with E-state index in [0.29, 0.717) is 6.04 Å². The number of benzene rings is 1. The van der Waals surface area contributed by atoms with Gasteiger partial charge in [-0.1, -0.05) is 37.6 Å². The van der Waals surface area contributed by atoms with E-state index in [4.69, 9.17) is 5.73 Å². The molecule has 0 aliphatic heterocycles.